The summed E-state index contributed by atoms with van der Waals surface area (Å²) in [7, 11) is 0. The number of amides is 1. The van der Waals surface area contributed by atoms with Gasteiger partial charge in [-0.05, 0) is 52.7 Å². The van der Waals surface area contributed by atoms with E-state index in [1.165, 1.54) is 17.4 Å². The quantitative estimate of drug-likeness (QED) is 0.502. The number of anilines is 3. The molecule has 4 rings (SSSR count). The van der Waals surface area contributed by atoms with Crippen LogP contribution in [0.1, 0.15) is 5.56 Å². The Morgan fingerprint density at radius 2 is 1.74 bits per heavy atom. The fourth-order valence-corrected chi connectivity index (χ4v) is 4.87. The van der Waals surface area contributed by atoms with Gasteiger partial charge in [-0.2, -0.15) is 0 Å². The van der Waals surface area contributed by atoms with Gasteiger partial charge >= 0.3 is 0 Å². The molecule has 1 aliphatic heterocycles. The SMILES string of the molecule is Cc1ccc(NC(=O)CSc2nccnc2N2CCN(c3ccccc3)CC2)c(Br)c1. The second-order valence-electron chi connectivity index (χ2n) is 7.31. The van der Waals surface area contributed by atoms with Crippen LogP contribution in [0.5, 0.6) is 0 Å². The highest BCUT2D eigenvalue weighted by Crippen LogP contribution is 2.28. The number of benzene rings is 2. The number of aromatic nitrogens is 2. The van der Waals surface area contributed by atoms with E-state index in [9.17, 15) is 4.79 Å². The third-order valence-electron chi connectivity index (χ3n) is 5.09. The smallest absolute Gasteiger partial charge is 0.234 e. The topological polar surface area (TPSA) is 61.4 Å². The molecule has 0 bridgehead atoms. The molecule has 1 amide bonds. The summed E-state index contributed by atoms with van der Waals surface area (Å²) in [4.78, 5) is 26.2. The normalized spacial score (nSPS) is 13.9. The van der Waals surface area contributed by atoms with E-state index < -0.39 is 0 Å². The zero-order chi connectivity index (χ0) is 21.6. The van der Waals surface area contributed by atoms with Crippen LogP contribution in [0.3, 0.4) is 0 Å². The van der Waals surface area contributed by atoms with Gasteiger partial charge in [-0.15, -0.1) is 0 Å². The van der Waals surface area contributed by atoms with Gasteiger partial charge in [0.1, 0.15) is 5.03 Å². The molecule has 2 aromatic carbocycles. The monoisotopic (exact) mass is 497 g/mol. The van der Waals surface area contributed by atoms with Crippen molar-refractivity contribution in [2.75, 3.05) is 47.0 Å². The summed E-state index contributed by atoms with van der Waals surface area (Å²) in [6.45, 7) is 5.59. The Kier molecular flexibility index (Phi) is 7.09. The molecule has 0 spiro atoms. The number of thioether (sulfide) groups is 1. The first-order valence-electron chi connectivity index (χ1n) is 10.1. The first kappa shape index (κ1) is 21.6. The van der Waals surface area contributed by atoms with Gasteiger partial charge in [0.25, 0.3) is 0 Å². The largest absolute Gasteiger partial charge is 0.368 e. The van der Waals surface area contributed by atoms with Crippen LogP contribution in [0, 0.1) is 6.92 Å². The second-order valence-corrected chi connectivity index (χ2v) is 9.13. The third-order valence-corrected chi connectivity index (χ3v) is 6.71. The molecule has 0 radical (unpaired) electrons. The highest BCUT2D eigenvalue weighted by molar-refractivity contribution is 9.10. The van der Waals surface area contributed by atoms with Gasteiger partial charge in [0.2, 0.25) is 5.91 Å². The van der Waals surface area contributed by atoms with Crippen molar-refractivity contribution in [3.63, 3.8) is 0 Å². The molecule has 1 aromatic heterocycles. The molecule has 0 aliphatic carbocycles. The summed E-state index contributed by atoms with van der Waals surface area (Å²) < 4.78 is 0.877. The van der Waals surface area contributed by atoms with E-state index in [0.717, 1.165) is 52.7 Å². The van der Waals surface area contributed by atoms with Crippen molar-refractivity contribution in [1.82, 2.24) is 9.97 Å². The number of halogens is 1. The predicted octanol–water partition coefficient (Wildman–Crippen LogP) is 4.60. The van der Waals surface area contributed by atoms with Gasteiger partial charge in [0.15, 0.2) is 5.82 Å². The summed E-state index contributed by atoms with van der Waals surface area (Å²) in [5.74, 6) is 1.06. The van der Waals surface area contributed by atoms with E-state index in [4.69, 9.17) is 0 Å². The second kappa shape index (κ2) is 10.2. The number of hydrogen-bond acceptors (Lipinski definition) is 6. The first-order chi connectivity index (χ1) is 15.1. The summed E-state index contributed by atoms with van der Waals surface area (Å²) in [6.07, 6.45) is 3.40. The minimum absolute atomic E-state index is 0.0694. The molecule has 3 aromatic rings. The molecule has 160 valence electrons. The van der Waals surface area contributed by atoms with Crippen LogP contribution in [-0.2, 0) is 4.79 Å². The number of hydrogen-bond donors (Lipinski definition) is 1. The Bertz CT molecular complexity index is 1040. The minimum atomic E-state index is -0.0694. The lowest BCUT2D eigenvalue weighted by molar-refractivity contribution is -0.113. The van der Waals surface area contributed by atoms with Crippen molar-refractivity contribution in [3.05, 3.63) is 71.0 Å². The predicted molar refractivity (Wildman–Crippen MR) is 131 cm³/mol. The zero-order valence-corrected chi connectivity index (χ0v) is 19.7. The van der Waals surface area contributed by atoms with Gasteiger partial charge in [-0.1, -0.05) is 36.0 Å². The van der Waals surface area contributed by atoms with Crippen molar-refractivity contribution in [1.29, 1.82) is 0 Å². The maximum atomic E-state index is 12.5. The summed E-state index contributed by atoms with van der Waals surface area (Å²) in [5.41, 5.74) is 3.15. The van der Waals surface area contributed by atoms with E-state index in [-0.39, 0.29) is 11.7 Å². The average Bonchev–Trinajstić information content (AvgIpc) is 2.80. The van der Waals surface area contributed by atoms with E-state index >= 15 is 0 Å². The number of carbonyl (C=O) groups excluding carboxylic acids is 1. The molecule has 0 atom stereocenters. The minimum Gasteiger partial charge on any atom is -0.368 e. The van der Waals surface area contributed by atoms with E-state index in [1.807, 2.05) is 31.2 Å². The summed E-state index contributed by atoms with van der Waals surface area (Å²) in [5, 5.41) is 3.74. The first-order valence-corrected chi connectivity index (χ1v) is 11.9. The molecular formula is C23H24BrN5OS. The van der Waals surface area contributed by atoms with Crippen LogP contribution in [0.4, 0.5) is 17.2 Å². The Morgan fingerprint density at radius 3 is 2.48 bits per heavy atom. The Labute approximate surface area is 195 Å². The lowest BCUT2D eigenvalue weighted by atomic mass is 10.2. The van der Waals surface area contributed by atoms with Gasteiger partial charge in [-0.25, -0.2) is 9.97 Å². The Balaban J connectivity index is 1.36. The Morgan fingerprint density at radius 1 is 1.03 bits per heavy atom. The number of nitrogens with zero attached hydrogens (tertiary/aromatic N) is 4. The lowest BCUT2D eigenvalue weighted by Crippen LogP contribution is -2.47. The molecule has 1 saturated heterocycles. The van der Waals surface area contributed by atoms with Crippen LogP contribution in [0.2, 0.25) is 0 Å². The van der Waals surface area contributed by atoms with Crippen LogP contribution in [0.15, 0.2) is 70.4 Å². The van der Waals surface area contributed by atoms with Gasteiger partial charge in [0.05, 0.1) is 11.4 Å². The van der Waals surface area contributed by atoms with Gasteiger partial charge < -0.3 is 15.1 Å². The highest BCUT2D eigenvalue weighted by Gasteiger charge is 2.21. The fraction of sp³-hybridized carbons (Fsp3) is 0.261. The van der Waals surface area contributed by atoms with E-state index in [2.05, 4.69) is 65.3 Å². The van der Waals surface area contributed by atoms with E-state index in [0.29, 0.717) is 0 Å². The van der Waals surface area contributed by atoms with Crippen molar-refractivity contribution < 1.29 is 4.79 Å². The molecule has 6 nitrogen and oxygen atoms in total. The number of aryl methyl sites for hydroxylation is 1. The standard InChI is InChI=1S/C23H24BrN5OS/c1-17-7-8-20(19(24)15-17)27-21(30)16-31-23-22(25-9-10-26-23)29-13-11-28(12-14-29)18-5-3-2-4-6-18/h2-10,15H,11-14,16H2,1H3,(H,27,30). The highest BCUT2D eigenvalue weighted by atomic mass is 79.9. The van der Waals surface area contributed by atoms with Crippen LogP contribution < -0.4 is 15.1 Å². The maximum absolute atomic E-state index is 12.5. The molecule has 0 unspecified atom stereocenters. The summed E-state index contributed by atoms with van der Waals surface area (Å²) in [6, 6.07) is 16.3. The number of rotatable bonds is 6. The number of carbonyl (C=O) groups is 1. The Hall–Kier alpha value is -2.58. The van der Waals surface area contributed by atoms with Crippen molar-refractivity contribution in [2.45, 2.75) is 11.9 Å². The van der Waals surface area contributed by atoms with Crippen LogP contribution in [-0.4, -0.2) is 47.8 Å². The van der Waals surface area contributed by atoms with Crippen LogP contribution >= 0.6 is 27.7 Å². The third kappa shape index (κ3) is 5.57. The van der Waals surface area contributed by atoms with Crippen molar-refractivity contribution in [3.8, 4) is 0 Å². The summed E-state index contributed by atoms with van der Waals surface area (Å²) >= 11 is 4.92. The van der Waals surface area contributed by atoms with Crippen LogP contribution in [0.25, 0.3) is 0 Å². The fourth-order valence-electron chi connectivity index (χ4n) is 3.49. The number of para-hydroxylation sites is 1. The molecule has 8 heteroatoms. The average molecular weight is 498 g/mol. The maximum Gasteiger partial charge on any atom is 0.234 e. The van der Waals surface area contributed by atoms with Crippen molar-refractivity contribution >= 4 is 50.8 Å². The molecule has 1 aliphatic rings. The van der Waals surface area contributed by atoms with Gasteiger partial charge in [0, 0.05) is 48.7 Å². The molecule has 1 fully saturated rings. The van der Waals surface area contributed by atoms with Crippen molar-refractivity contribution in [2.24, 2.45) is 0 Å². The lowest BCUT2D eigenvalue weighted by Gasteiger charge is -2.37. The van der Waals surface area contributed by atoms with Gasteiger partial charge in [-0.3, -0.25) is 4.79 Å². The molecule has 2 heterocycles. The molecular weight excluding hydrogens is 474 g/mol. The number of piperazine rings is 1. The molecule has 1 N–H and O–H groups in total. The molecule has 0 saturated carbocycles. The molecule has 31 heavy (non-hydrogen) atoms. The van der Waals surface area contributed by atoms with E-state index in [1.54, 1.807) is 12.4 Å². The zero-order valence-electron chi connectivity index (χ0n) is 17.3. The number of nitrogens with one attached hydrogen (secondary N) is 1.